The van der Waals surface area contributed by atoms with Gasteiger partial charge < -0.3 is 5.32 Å². The molecular formula is C13H15F2NO. The molecule has 1 N–H and O–H groups in total. The van der Waals surface area contributed by atoms with Crippen LogP contribution >= 0.6 is 0 Å². The molecule has 0 aliphatic heterocycles. The lowest BCUT2D eigenvalue weighted by atomic mass is 10.1. The predicted molar refractivity (Wildman–Crippen MR) is 60.2 cm³/mol. The smallest absolute Gasteiger partial charge is 0.223 e. The Kier molecular flexibility index (Phi) is 3.71. The number of hydrogen-bond acceptors (Lipinski definition) is 1. The SMILES string of the molecule is O=C(NCc1ccc(F)c(F)c1)C1CCCC1. The molecule has 1 aliphatic rings. The zero-order valence-corrected chi connectivity index (χ0v) is 9.51. The molecule has 2 nitrogen and oxygen atoms in total. The van der Waals surface area contributed by atoms with Gasteiger partial charge in [0.15, 0.2) is 11.6 Å². The molecule has 0 aromatic heterocycles. The van der Waals surface area contributed by atoms with Gasteiger partial charge in [-0.25, -0.2) is 8.78 Å². The first-order valence-electron chi connectivity index (χ1n) is 5.88. The van der Waals surface area contributed by atoms with Crippen molar-refractivity contribution in [1.82, 2.24) is 5.32 Å². The highest BCUT2D eigenvalue weighted by atomic mass is 19.2. The molecule has 1 aromatic carbocycles. The van der Waals surface area contributed by atoms with Crippen molar-refractivity contribution in [3.63, 3.8) is 0 Å². The Morgan fingerprint density at radius 1 is 1.24 bits per heavy atom. The summed E-state index contributed by atoms with van der Waals surface area (Å²) in [5, 5.41) is 2.76. The molecule has 4 heteroatoms. The first-order chi connectivity index (χ1) is 8.16. The van der Waals surface area contributed by atoms with Gasteiger partial charge in [-0.15, -0.1) is 0 Å². The van der Waals surface area contributed by atoms with Crippen LogP contribution in [-0.2, 0) is 11.3 Å². The van der Waals surface area contributed by atoms with Crippen LogP contribution in [0.4, 0.5) is 8.78 Å². The minimum Gasteiger partial charge on any atom is -0.352 e. The van der Waals surface area contributed by atoms with E-state index in [1.165, 1.54) is 6.07 Å². The molecule has 92 valence electrons. The van der Waals surface area contributed by atoms with E-state index in [1.54, 1.807) is 0 Å². The summed E-state index contributed by atoms with van der Waals surface area (Å²) in [5.41, 5.74) is 0.579. The molecule has 1 aliphatic carbocycles. The number of nitrogens with one attached hydrogen (secondary N) is 1. The van der Waals surface area contributed by atoms with Crippen LogP contribution in [0.5, 0.6) is 0 Å². The van der Waals surface area contributed by atoms with Crippen LogP contribution < -0.4 is 5.32 Å². The molecule has 0 bridgehead atoms. The zero-order valence-electron chi connectivity index (χ0n) is 9.51. The second-order valence-corrected chi connectivity index (χ2v) is 4.45. The third kappa shape index (κ3) is 3.02. The van der Waals surface area contributed by atoms with Crippen molar-refractivity contribution < 1.29 is 13.6 Å². The van der Waals surface area contributed by atoms with E-state index in [4.69, 9.17) is 0 Å². The Bertz CT molecular complexity index is 414. The summed E-state index contributed by atoms with van der Waals surface area (Å²) in [6.45, 7) is 0.256. The predicted octanol–water partition coefficient (Wildman–Crippen LogP) is 2.77. The fourth-order valence-corrected chi connectivity index (χ4v) is 2.17. The Morgan fingerprint density at radius 3 is 2.59 bits per heavy atom. The lowest BCUT2D eigenvalue weighted by Crippen LogP contribution is -2.28. The number of carbonyl (C=O) groups is 1. The van der Waals surface area contributed by atoms with Crippen LogP contribution in [0.3, 0.4) is 0 Å². The van der Waals surface area contributed by atoms with Gasteiger partial charge in [-0.3, -0.25) is 4.79 Å². The van der Waals surface area contributed by atoms with E-state index in [2.05, 4.69) is 5.32 Å². The minimum absolute atomic E-state index is 0.0206. The average Bonchev–Trinajstić information content (AvgIpc) is 2.84. The Labute approximate surface area is 99.0 Å². The van der Waals surface area contributed by atoms with Gasteiger partial charge in [-0.2, -0.15) is 0 Å². The summed E-state index contributed by atoms with van der Waals surface area (Å²) in [4.78, 5) is 11.7. The summed E-state index contributed by atoms with van der Waals surface area (Å²) in [6.07, 6.45) is 4.07. The van der Waals surface area contributed by atoms with E-state index in [1.807, 2.05) is 0 Å². The topological polar surface area (TPSA) is 29.1 Å². The summed E-state index contributed by atoms with van der Waals surface area (Å²) in [7, 11) is 0. The van der Waals surface area contributed by atoms with Gasteiger partial charge in [-0.05, 0) is 30.5 Å². The van der Waals surface area contributed by atoms with Crippen LogP contribution in [0.2, 0.25) is 0 Å². The fourth-order valence-electron chi connectivity index (χ4n) is 2.17. The highest BCUT2D eigenvalue weighted by molar-refractivity contribution is 5.78. The van der Waals surface area contributed by atoms with Crippen LogP contribution in [0.1, 0.15) is 31.2 Å². The largest absolute Gasteiger partial charge is 0.352 e. The normalized spacial score (nSPS) is 16.1. The number of carbonyl (C=O) groups excluding carboxylic acids is 1. The Morgan fingerprint density at radius 2 is 1.94 bits per heavy atom. The molecule has 1 saturated carbocycles. The quantitative estimate of drug-likeness (QED) is 0.863. The van der Waals surface area contributed by atoms with Gasteiger partial charge in [0.2, 0.25) is 5.91 Å². The van der Waals surface area contributed by atoms with Crippen LogP contribution in [0.15, 0.2) is 18.2 Å². The maximum absolute atomic E-state index is 12.9. The van der Waals surface area contributed by atoms with Crippen molar-refractivity contribution in [3.05, 3.63) is 35.4 Å². The first kappa shape index (κ1) is 12.0. The molecule has 0 radical (unpaired) electrons. The van der Waals surface area contributed by atoms with E-state index >= 15 is 0 Å². The molecular weight excluding hydrogens is 224 g/mol. The van der Waals surface area contributed by atoms with Gasteiger partial charge >= 0.3 is 0 Å². The third-order valence-electron chi connectivity index (χ3n) is 3.18. The molecule has 0 atom stereocenters. The highest BCUT2D eigenvalue weighted by Gasteiger charge is 2.22. The number of hydrogen-bond donors (Lipinski definition) is 1. The van der Waals surface area contributed by atoms with Crippen molar-refractivity contribution in [1.29, 1.82) is 0 Å². The number of amides is 1. The third-order valence-corrected chi connectivity index (χ3v) is 3.18. The van der Waals surface area contributed by atoms with E-state index in [0.717, 1.165) is 37.8 Å². The second kappa shape index (κ2) is 5.25. The van der Waals surface area contributed by atoms with E-state index in [-0.39, 0.29) is 18.4 Å². The van der Waals surface area contributed by atoms with E-state index in [0.29, 0.717) is 5.56 Å². The van der Waals surface area contributed by atoms with E-state index in [9.17, 15) is 13.6 Å². The summed E-state index contributed by atoms with van der Waals surface area (Å²) >= 11 is 0. The maximum Gasteiger partial charge on any atom is 0.223 e. The highest BCUT2D eigenvalue weighted by Crippen LogP contribution is 2.24. The number of rotatable bonds is 3. The maximum atomic E-state index is 12.9. The van der Waals surface area contributed by atoms with Crippen molar-refractivity contribution >= 4 is 5.91 Å². The molecule has 1 amide bonds. The molecule has 1 aromatic rings. The lowest BCUT2D eigenvalue weighted by molar-refractivity contribution is -0.124. The Balaban J connectivity index is 1.88. The standard InChI is InChI=1S/C13H15F2NO/c14-11-6-5-9(7-12(11)15)8-16-13(17)10-3-1-2-4-10/h5-7,10H,1-4,8H2,(H,16,17). The molecule has 0 saturated heterocycles. The van der Waals surface area contributed by atoms with Gasteiger partial charge in [0.1, 0.15) is 0 Å². The van der Waals surface area contributed by atoms with Crippen molar-refractivity contribution in [2.45, 2.75) is 32.2 Å². The summed E-state index contributed by atoms with van der Waals surface area (Å²) in [6, 6.07) is 3.67. The molecule has 1 fully saturated rings. The van der Waals surface area contributed by atoms with Gasteiger partial charge in [0.05, 0.1) is 0 Å². The second-order valence-electron chi connectivity index (χ2n) is 4.45. The van der Waals surface area contributed by atoms with Crippen LogP contribution in [0.25, 0.3) is 0 Å². The van der Waals surface area contributed by atoms with Crippen molar-refractivity contribution in [2.24, 2.45) is 5.92 Å². The summed E-state index contributed by atoms with van der Waals surface area (Å²) in [5.74, 6) is -1.62. The van der Waals surface area contributed by atoms with E-state index < -0.39 is 11.6 Å². The van der Waals surface area contributed by atoms with Gasteiger partial charge in [0, 0.05) is 12.5 Å². The average molecular weight is 239 g/mol. The molecule has 0 unspecified atom stereocenters. The van der Waals surface area contributed by atoms with Gasteiger partial charge in [0.25, 0.3) is 0 Å². The van der Waals surface area contributed by atoms with Crippen molar-refractivity contribution in [3.8, 4) is 0 Å². The summed E-state index contributed by atoms with van der Waals surface area (Å²) < 4.78 is 25.6. The van der Waals surface area contributed by atoms with Crippen molar-refractivity contribution in [2.75, 3.05) is 0 Å². The first-order valence-corrected chi connectivity index (χ1v) is 5.88. The lowest BCUT2D eigenvalue weighted by Gasteiger charge is -2.10. The van der Waals surface area contributed by atoms with Crippen LogP contribution in [-0.4, -0.2) is 5.91 Å². The fraction of sp³-hybridized carbons (Fsp3) is 0.462. The monoisotopic (exact) mass is 239 g/mol. The minimum atomic E-state index is -0.877. The molecule has 0 spiro atoms. The van der Waals surface area contributed by atoms with Gasteiger partial charge in [-0.1, -0.05) is 18.9 Å². The number of halogens is 2. The van der Waals surface area contributed by atoms with Crippen LogP contribution in [0, 0.1) is 17.6 Å². The molecule has 0 heterocycles. The molecule has 2 rings (SSSR count). The molecule has 17 heavy (non-hydrogen) atoms. The zero-order chi connectivity index (χ0) is 12.3. The Hall–Kier alpha value is -1.45. The number of benzene rings is 1.